The Kier molecular flexibility index (Phi) is 4.77. The zero-order chi connectivity index (χ0) is 19.5. The first-order valence-electron chi connectivity index (χ1n) is 8.97. The van der Waals surface area contributed by atoms with Gasteiger partial charge >= 0.3 is 5.97 Å². The number of hydrogen-bond acceptors (Lipinski definition) is 4. The number of aliphatic imine (C=N–C) groups is 1. The molecule has 0 fully saturated rings. The molecule has 138 valence electrons. The van der Waals surface area contributed by atoms with Gasteiger partial charge in [0.2, 0.25) is 5.90 Å². The monoisotopic (exact) mass is 369 g/mol. The van der Waals surface area contributed by atoms with Crippen LogP contribution in [-0.4, -0.2) is 18.5 Å². The molecule has 0 atom stereocenters. The van der Waals surface area contributed by atoms with E-state index in [2.05, 4.69) is 11.6 Å². The van der Waals surface area contributed by atoms with Crippen molar-refractivity contribution in [2.45, 2.75) is 6.92 Å². The molecule has 3 aromatic carbocycles. The molecule has 0 N–H and O–H groups in total. The molecule has 0 saturated carbocycles. The molecule has 4 heteroatoms. The van der Waals surface area contributed by atoms with E-state index in [4.69, 9.17) is 9.47 Å². The van der Waals surface area contributed by atoms with E-state index in [0.717, 1.165) is 33.2 Å². The quantitative estimate of drug-likeness (QED) is 0.355. The largest absolute Gasteiger partial charge is 0.489 e. The van der Waals surface area contributed by atoms with E-state index in [1.807, 2.05) is 73.7 Å². The second-order valence-electron chi connectivity index (χ2n) is 6.71. The van der Waals surface area contributed by atoms with Gasteiger partial charge in [-0.3, -0.25) is 0 Å². The molecule has 1 heterocycles. The number of hydrogen-bond donors (Lipinski definition) is 0. The second-order valence-corrected chi connectivity index (χ2v) is 6.71. The van der Waals surface area contributed by atoms with Gasteiger partial charge in [-0.25, -0.2) is 9.79 Å². The second kappa shape index (κ2) is 7.53. The number of esters is 1. The van der Waals surface area contributed by atoms with Gasteiger partial charge in [0.1, 0.15) is 12.4 Å². The Morgan fingerprint density at radius 3 is 2.57 bits per heavy atom. The molecular formula is C24H19NO3. The summed E-state index contributed by atoms with van der Waals surface area (Å²) in [4.78, 5) is 16.6. The summed E-state index contributed by atoms with van der Waals surface area (Å²) in [6.45, 7) is 6.20. The van der Waals surface area contributed by atoms with Crippen molar-refractivity contribution in [2.24, 2.45) is 4.99 Å². The fourth-order valence-electron chi connectivity index (χ4n) is 2.88. The smallest absolute Gasteiger partial charge is 0.363 e. The summed E-state index contributed by atoms with van der Waals surface area (Å²) in [6.07, 6.45) is 1.71. The van der Waals surface area contributed by atoms with Crippen LogP contribution in [0.15, 0.2) is 89.6 Å². The summed E-state index contributed by atoms with van der Waals surface area (Å²) in [5, 5.41) is 2.20. The molecule has 1 aliphatic rings. The Balaban J connectivity index is 1.56. The van der Waals surface area contributed by atoms with Crippen molar-refractivity contribution in [1.29, 1.82) is 0 Å². The van der Waals surface area contributed by atoms with E-state index in [-0.39, 0.29) is 5.70 Å². The third-order valence-corrected chi connectivity index (χ3v) is 4.29. The van der Waals surface area contributed by atoms with Crippen LogP contribution in [0, 0.1) is 0 Å². The summed E-state index contributed by atoms with van der Waals surface area (Å²) in [5.41, 5.74) is 2.85. The lowest BCUT2D eigenvalue weighted by Crippen LogP contribution is -2.05. The summed E-state index contributed by atoms with van der Waals surface area (Å²) < 4.78 is 11.0. The van der Waals surface area contributed by atoms with Crippen LogP contribution in [0.5, 0.6) is 5.75 Å². The molecule has 0 saturated heterocycles. The Morgan fingerprint density at radius 2 is 1.82 bits per heavy atom. The van der Waals surface area contributed by atoms with Crippen molar-refractivity contribution in [2.75, 3.05) is 6.61 Å². The van der Waals surface area contributed by atoms with Crippen LogP contribution in [0.4, 0.5) is 0 Å². The minimum atomic E-state index is -0.453. The third kappa shape index (κ3) is 3.86. The fraction of sp³-hybridized carbons (Fsp3) is 0.0833. The van der Waals surface area contributed by atoms with Crippen LogP contribution in [0.2, 0.25) is 0 Å². The molecule has 1 aliphatic heterocycles. The van der Waals surface area contributed by atoms with Crippen molar-refractivity contribution < 1.29 is 14.3 Å². The number of carbonyl (C=O) groups excluding carboxylic acids is 1. The normalized spacial score (nSPS) is 14.8. The zero-order valence-electron chi connectivity index (χ0n) is 15.5. The van der Waals surface area contributed by atoms with Crippen molar-refractivity contribution in [3.63, 3.8) is 0 Å². The number of nitrogens with zero attached hydrogens (tertiary/aromatic N) is 1. The number of rotatable bonds is 5. The fourth-order valence-corrected chi connectivity index (χ4v) is 2.88. The molecule has 4 rings (SSSR count). The summed E-state index contributed by atoms with van der Waals surface area (Å²) in [5.74, 6) is 0.619. The Labute approximate surface area is 163 Å². The first kappa shape index (κ1) is 17.7. The number of fused-ring (bicyclic) bond motifs is 1. The maximum atomic E-state index is 12.2. The minimum Gasteiger partial charge on any atom is -0.489 e. The van der Waals surface area contributed by atoms with Gasteiger partial charge in [-0.05, 0) is 59.2 Å². The van der Waals surface area contributed by atoms with E-state index in [9.17, 15) is 4.79 Å². The number of cyclic esters (lactones) is 1. The number of carbonyl (C=O) groups is 1. The molecule has 0 unspecified atom stereocenters. The predicted molar refractivity (Wildman–Crippen MR) is 111 cm³/mol. The van der Waals surface area contributed by atoms with E-state index in [1.165, 1.54) is 0 Å². The summed E-state index contributed by atoms with van der Waals surface area (Å²) in [6, 6.07) is 21.3. The minimum absolute atomic E-state index is 0.277. The van der Waals surface area contributed by atoms with Gasteiger partial charge in [-0.15, -0.1) is 0 Å². The van der Waals surface area contributed by atoms with Crippen LogP contribution in [-0.2, 0) is 9.53 Å². The van der Waals surface area contributed by atoms with Gasteiger partial charge < -0.3 is 9.47 Å². The molecule has 0 amide bonds. The molecule has 0 radical (unpaired) electrons. The molecule has 0 spiro atoms. The highest BCUT2D eigenvalue weighted by molar-refractivity contribution is 6.13. The molecular weight excluding hydrogens is 350 g/mol. The van der Waals surface area contributed by atoms with Gasteiger partial charge in [0, 0.05) is 5.56 Å². The summed E-state index contributed by atoms with van der Waals surface area (Å²) in [7, 11) is 0. The predicted octanol–water partition coefficient (Wildman–Crippen LogP) is 5.14. The van der Waals surface area contributed by atoms with Crippen molar-refractivity contribution in [1.82, 2.24) is 0 Å². The van der Waals surface area contributed by atoms with E-state index < -0.39 is 5.97 Å². The lowest BCUT2D eigenvalue weighted by Gasteiger charge is -2.05. The van der Waals surface area contributed by atoms with Crippen molar-refractivity contribution in [3.05, 3.63) is 95.7 Å². The topological polar surface area (TPSA) is 47.9 Å². The van der Waals surface area contributed by atoms with Crippen LogP contribution in [0.25, 0.3) is 16.8 Å². The zero-order valence-corrected chi connectivity index (χ0v) is 15.5. The van der Waals surface area contributed by atoms with Gasteiger partial charge in [0.15, 0.2) is 5.70 Å². The lowest BCUT2D eigenvalue weighted by atomic mass is 10.1. The van der Waals surface area contributed by atoms with E-state index in [1.54, 1.807) is 6.08 Å². The van der Waals surface area contributed by atoms with Gasteiger partial charge in [0.25, 0.3) is 0 Å². The average molecular weight is 369 g/mol. The van der Waals surface area contributed by atoms with Gasteiger partial charge in [-0.2, -0.15) is 0 Å². The maximum absolute atomic E-state index is 12.2. The Morgan fingerprint density at radius 1 is 1.07 bits per heavy atom. The average Bonchev–Trinajstić information content (AvgIpc) is 3.07. The van der Waals surface area contributed by atoms with Gasteiger partial charge in [0.05, 0.1) is 0 Å². The molecule has 0 aliphatic carbocycles. The van der Waals surface area contributed by atoms with Crippen LogP contribution in [0.3, 0.4) is 0 Å². The first-order valence-corrected chi connectivity index (χ1v) is 8.97. The first-order chi connectivity index (χ1) is 13.6. The highest BCUT2D eigenvalue weighted by atomic mass is 16.6. The molecule has 28 heavy (non-hydrogen) atoms. The van der Waals surface area contributed by atoms with Gasteiger partial charge in [-0.1, -0.05) is 49.0 Å². The van der Waals surface area contributed by atoms with Crippen LogP contribution in [0.1, 0.15) is 18.1 Å². The summed E-state index contributed by atoms with van der Waals surface area (Å²) >= 11 is 0. The molecule has 3 aromatic rings. The van der Waals surface area contributed by atoms with Crippen LogP contribution < -0.4 is 4.74 Å². The highest BCUT2D eigenvalue weighted by Gasteiger charge is 2.24. The molecule has 0 bridgehead atoms. The standard InChI is InChI=1S/C24H19NO3/c1-16(2)15-27-21-11-7-17(8-12-21)13-22-24(26)28-23(25-22)20-10-9-18-5-3-4-6-19(18)14-20/h3-14H,1,15H2,2H3/b22-13-. The molecule has 4 nitrogen and oxygen atoms in total. The van der Waals surface area contributed by atoms with Crippen molar-refractivity contribution >= 4 is 28.7 Å². The maximum Gasteiger partial charge on any atom is 0.363 e. The van der Waals surface area contributed by atoms with Crippen LogP contribution >= 0.6 is 0 Å². The lowest BCUT2D eigenvalue weighted by molar-refractivity contribution is -0.129. The number of ether oxygens (including phenoxy) is 2. The third-order valence-electron chi connectivity index (χ3n) is 4.29. The SMILES string of the molecule is C=C(C)COc1ccc(/C=C2\N=C(c3ccc4ccccc4c3)OC2=O)cc1. The van der Waals surface area contributed by atoms with E-state index >= 15 is 0 Å². The van der Waals surface area contributed by atoms with E-state index in [0.29, 0.717) is 12.5 Å². The number of benzene rings is 3. The Bertz CT molecular complexity index is 1120. The van der Waals surface area contributed by atoms with Crippen molar-refractivity contribution in [3.8, 4) is 5.75 Å². The Hall–Kier alpha value is -3.66. The highest BCUT2D eigenvalue weighted by Crippen LogP contribution is 2.23. The molecule has 0 aromatic heterocycles.